The molecule has 1 saturated heterocycles. The molecule has 0 atom stereocenters. The van der Waals surface area contributed by atoms with E-state index in [0.717, 1.165) is 37.9 Å². The zero-order valence-corrected chi connectivity index (χ0v) is 10.7. The molecule has 1 aliphatic carbocycles. The summed E-state index contributed by atoms with van der Waals surface area (Å²) in [5.74, 6) is 0. The smallest absolute Gasteiger partial charge is 0.0741 e. The molecular weight excluding hydrogens is 234 g/mol. The van der Waals surface area contributed by atoms with Gasteiger partial charge in [0, 0.05) is 32.2 Å². The molecule has 3 nitrogen and oxygen atoms in total. The van der Waals surface area contributed by atoms with E-state index in [9.17, 15) is 0 Å². The number of piperazine rings is 1. The molecule has 0 radical (unpaired) electrons. The van der Waals surface area contributed by atoms with Gasteiger partial charge in [0.05, 0.1) is 16.4 Å². The molecule has 1 heterocycles. The van der Waals surface area contributed by atoms with E-state index in [2.05, 4.69) is 15.9 Å². The Morgan fingerprint density at radius 3 is 2.47 bits per heavy atom. The first-order chi connectivity index (χ1) is 8.25. The molecular formula is C13H18ClN3. The van der Waals surface area contributed by atoms with Gasteiger partial charge in [0.25, 0.3) is 0 Å². The van der Waals surface area contributed by atoms with Crippen LogP contribution in [-0.4, -0.2) is 37.1 Å². The molecule has 0 unspecified atom stereocenters. The van der Waals surface area contributed by atoms with E-state index in [0.29, 0.717) is 10.7 Å². The minimum absolute atomic E-state index is 0.659. The Bertz CT molecular complexity index is 409. The van der Waals surface area contributed by atoms with Crippen LogP contribution in [0.15, 0.2) is 18.2 Å². The Kier molecular flexibility index (Phi) is 2.89. The first kappa shape index (κ1) is 11.2. The van der Waals surface area contributed by atoms with Crippen molar-refractivity contribution in [3.05, 3.63) is 23.2 Å². The maximum Gasteiger partial charge on any atom is 0.0741 e. The first-order valence-electron chi connectivity index (χ1n) is 6.28. The third-order valence-electron chi connectivity index (χ3n) is 3.75. The standard InChI is InChI=1S/C13H18ClN3/c14-11-2-1-3-12(13(11)15)17-8-6-16(7-9-17)10-4-5-10/h1-3,10H,4-9,15H2. The van der Waals surface area contributed by atoms with Crippen LogP contribution in [0, 0.1) is 0 Å². The van der Waals surface area contributed by atoms with Crippen molar-refractivity contribution in [3.8, 4) is 0 Å². The number of nitrogen functional groups attached to an aromatic ring is 1. The van der Waals surface area contributed by atoms with Crippen LogP contribution in [0.4, 0.5) is 11.4 Å². The molecule has 0 bridgehead atoms. The third kappa shape index (κ3) is 2.22. The Morgan fingerprint density at radius 2 is 1.82 bits per heavy atom. The predicted molar refractivity (Wildman–Crippen MR) is 72.7 cm³/mol. The fourth-order valence-electron chi connectivity index (χ4n) is 2.57. The second-order valence-corrected chi connectivity index (χ2v) is 5.33. The zero-order chi connectivity index (χ0) is 11.8. The van der Waals surface area contributed by atoms with Crippen molar-refractivity contribution in [2.75, 3.05) is 36.8 Å². The van der Waals surface area contributed by atoms with Crippen molar-refractivity contribution in [2.24, 2.45) is 0 Å². The van der Waals surface area contributed by atoms with Crippen LogP contribution in [-0.2, 0) is 0 Å². The van der Waals surface area contributed by atoms with Crippen LogP contribution < -0.4 is 10.6 Å². The van der Waals surface area contributed by atoms with Gasteiger partial charge < -0.3 is 10.6 Å². The molecule has 1 aromatic rings. The quantitative estimate of drug-likeness (QED) is 0.818. The third-order valence-corrected chi connectivity index (χ3v) is 4.08. The van der Waals surface area contributed by atoms with Crippen LogP contribution in [0.3, 0.4) is 0 Å². The lowest BCUT2D eigenvalue weighted by Gasteiger charge is -2.36. The van der Waals surface area contributed by atoms with Crippen molar-refractivity contribution >= 4 is 23.0 Å². The number of hydrogen-bond acceptors (Lipinski definition) is 3. The van der Waals surface area contributed by atoms with E-state index in [1.807, 2.05) is 12.1 Å². The lowest BCUT2D eigenvalue weighted by Crippen LogP contribution is -2.47. The number of para-hydroxylation sites is 1. The molecule has 4 heteroatoms. The summed E-state index contributed by atoms with van der Waals surface area (Å²) in [7, 11) is 0. The maximum absolute atomic E-state index is 6.06. The van der Waals surface area contributed by atoms with Crippen molar-refractivity contribution in [1.29, 1.82) is 0 Å². The Hall–Kier alpha value is -0.930. The van der Waals surface area contributed by atoms with Gasteiger partial charge in [-0.25, -0.2) is 0 Å². The largest absolute Gasteiger partial charge is 0.396 e. The summed E-state index contributed by atoms with van der Waals surface area (Å²) in [6, 6.07) is 6.75. The van der Waals surface area contributed by atoms with E-state index in [4.69, 9.17) is 17.3 Å². The molecule has 1 aliphatic heterocycles. The summed E-state index contributed by atoms with van der Waals surface area (Å²) in [6.07, 6.45) is 2.78. The average molecular weight is 252 g/mol. The van der Waals surface area contributed by atoms with E-state index in [-0.39, 0.29) is 0 Å². The summed E-state index contributed by atoms with van der Waals surface area (Å²) < 4.78 is 0. The predicted octanol–water partition coefficient (Wildman–Crippen LogP) is 2.21. The molecule has 1 aromatic carbocycles. The lowest BCUT2D eigenvalue weighted by atomic mass is 10.2. The number of benzene rings is 1. The van der Waals surface area contributed by atoms with Gasteiger partial charge in [-0.05, 0) is 25.0 Å². The topological polar surface area (TPSA) is 32.5 Å². The summed E-state index contributed by atoms with van der Waals surface area (Å²) in [6.45, 7) is 4.41. The minimum atomic E-state index is 0.659. The average Bonchev–Trinajstić information content (AvgIpc) is 3.17. The normalized spacial score (nSPS) is 21.8. The van der Waals surface area contributed by atoms with E-state index in [1.54, 1.807) is 0 Å². The van der Waals surface area contributed by atoms with Gasteiger partial charge in [0.2, 0.25) is 0 Å². The van der Waals surface area contributed by atoms with Gasteiger partial charge in [-0.15, -0.1) is 0 Å². The van der Waals surface area contributed by atoms with Crippen LogP contribution >= 0.6 is 11.6 Å². The number of anilines is 2. The van der Waals surface area contributed by atoms with Crippen molar-refractivity contribution in [3.63, 3.8) is 0 Å². The van der Waals surface area contributed by atoms with Crippen LogP contribution in [0.5, 0.6) is 0 Å². The molecule has 0 aromatic heterocycles. The zero-order valence-electron chi connectivity index (χ0n) is 9.90. The molecule has 92 valence electrons. The maximum atomic E-state index is 6.06. The highest BCUT2D eigenvalue weighted by molar-refractivity contribution is 6.33. The van der Waals surface area contributed by atoms with Crippen molar-refractivity contribution < 1.29 is 0 Å². The lowest BCUT2D eigenvalue weighted by molar-refractivity contribution is 0.248. The second kappa shape index (κ2) is 4.39. The number of nitrogens with zero attached hydrogens (tertiary/aromatic N) is 2. The Balaban J connectivity index is 1.71. The Morgan fingerprint density at radius 1 is 1.12 bits per heavy atom. The Labute approximate surface area is 107 Å². The highest BCUT2D eigenvalue weighted by Crippen LogP contribution is 2.32. The van der Waals surface area contributed by atoms with Gasteiger partial charge in [0.15, 0.2) is 0 Å². The molecule has 2 N–H and O–H groups in total. The number of nitrogens with two attached hydrogens (primary N) is 1. The summed E-state index contributed by atoms with van der Waals surface area (Å²) in [4.78, 5) is 4.94. The number of rotatable bonds is 2. The second-order valence-electron chi connectivity index (χ2n) is 4.93. The fraction of sp³-hybridized carbons (Fsp3) is 0.538. The summed E-state index contributed by atoms with van der Waals surface area (Å²) >= 11 is 6.06. The van der Waals surface area contributed by atoms with Gasteiger partial charge in [-0.1, -0.05) is 17.7 Å². The molecule has 3 rings (SSSR count). The fourth-order valence-corrected chi connectivity index (χ4v) is 2.74. The van der Waals surface area contributed by atoms with Gasteiger partial charge in [-0.3, -0.25) is 4.90 Å². The van der Waals surface area contributed by atoms with E-state index < -0.39 is 0 Å². The molecule has 0 spiro atoms. The van der Waals surface area contributed by atoms with Crippen LogP contribution in [0.25, 0.3) is 0 Å². The van der Waals surface area contributed by atoms with Gasteiger partial charge >= 0.3 is 0 Å². The van der Waals surface area contributed by atoms with Gasteiger partial charge in [0.1, 0.15) is 0 Å². The minimum Gasteiger partial charge on any atom is -0.396 e. The highest BCUT2D eigenvalue weighted by Gasteiger charge is 2.31. The molecule has 1 saturated carbocycles. The van der Waals surface area contributed by atoms with Crippen molar-refractivity contribution in [2.45, 2.75) is 18.9 Å². The number of halogens is 1. The molecule has 2 fully saturated rings. The summed E-state index contributed by atoms with van der Waals surface area (Å²) in [5, 5.41) is 0.659. The summed E-state index contributed by atoms with van der Waals surface area (Å²) in [5.41, 5.74) is 7.84. The first-order valence-corrected chi connectivity index (χ1v) is 6.66. The van der Waals surface area contributed by atoms with E-state index in [1.165, 1.54) is 12.8 Å². The molecule has 0 amide bonds. The van der Waals surface area contributed by atoms with Gasteiger partial charge in [-0.2, -0.15) is 0 Å². The highest BCUT2D eigenvalue weighted by atomic mass is 35.5. The van der Waals surface area contributed by atoms with Crippen LogP contribution in [0.1, 0.15) is 12.8 Å². The number of hydrogen-bond donors (Lipinski definition) is 1. The SMILES string of the molecule is Nc1c(Cl)cccc1N1CCN(C2CC2)CC1. The monoisotopic (exact) mass is 251 g/mol. The van der Waals surface area contributed by atoms with E-state index >= 15 is 0 Å². The van der Waals surface area contributed by atoms with Crippen molar-refractivity contribution in [1.82, 2.24) is 4.90 Å². The molecule has 2 aliphatic rings. The molecule has 17 heavy (non-hydrogen) atoms. The van der Waals surface area contributed by atoms with Crippen LogP contribution in [0.2, 0.25) is 5.02 Å².